The van der Waals surface area contributed by atoms with Gasteiger partial charge in [0.05, 0.1) is 21.7 Å². The molecule has 0 bridgehead atoms. The molecule has 0 radical (unpaired) electrons. The number of hydrogen-bond acceptors (Lipinski definition) is 5. The van der Waals surface area contributed by atoms with Crippen molar-refractivity contribution in [2.45, 2.75) is 32.1 Å². The minimum absolute atomic E-state index is 0.0808. The summed E-state index contributed by atoms with van der Waals surface area (Å²) in [6.07, 6.45) is 0.616. The first-order chi connectivity index (χ1) is 8.84. The Morgan fingerprint density at radius 1 is 1.37 bits per heavy atom. The minimum atomic E-state index is -2.92. The molecule has 1 aromatic rings. The summed E-state index contributed by atoms with van der Waals surface area (Å²) in [5, 5.41) is 3.03. The van der Waals surface area contributed by atoms with E-state index in [1.807, 2.05) is 0 Å². The molecule has 2 heterocycles. The maximum atomic E-state index is 11.6. The van der Waals surface area contributed by atoms with E-state index in [-0.39, 0.29) is 23.3 Å². The smallest absolute Gasteiger partial charge is 0.151 e. The molecular formula is C12H18BrN3O2S. The predicted octanol–water partition coefficient (Wildman–Crippen LogP) is 2.31. The van der Waals surface area contributed by atoms with E-state index in [1.54, 1.807) is 7.05 Å². The van der Waals surface area contributed by atoms with Crippen LogP contribution in [0, 0.1) is 0 Å². The highest BCUT2D eigenvalue weighted by Crippen LogP contribution is 2.33. The molecule has 0 saturated carbocycles. The van der Waals surface area contributed by atoms with Crippen LogP contribution in [0.2, 0.25) is 0 Å². The van der Waals surface area contributed by atoms with Crippen LogP contribution in [0.15, 0.2) is 4.47 Å². The number of nitrogens with zero attached hydrogens (tertiary/aromatic N) is 2. The Kier molecular flexibility index (Phi) is 4.15. The van der Waals surface area contributed by atoms with E-state index in [0.29, 0.717) is 12.2 Å². The summed E-state index contributed by atoms with van der Waals surface area (Å²) in [4.78, 5) is 9.01. The van der Waals surface area contributed by atoms with Gasteiger partial charge in [-0.15, -0.1) is 0 Å². The standard InChI is InChI=1S/C12H18BrN3O2S/c1-7(2)10-9(13)12(14-3)16-11(15-10)8-4-5-19(17,18)6-8/h7-8H,4-6H2,1-3H3,(H,14,15,16). The van der Waals surface area contributed by atoms with E-state index in [2.05, 4.69) is 45.1 Å². The van der Waals surface area contributed by atoms with Crippen LogP contribution in [-0.4, -0.2) is 36.9 Å². The van der Waals surface area contributed by atoms with E-state index >= 15 is 0 Å². The first-order valence-corrected chi connectivity index (χ1v) is 8.91. The van der Waals surface area contributed by atoms with E-state index in [4.69, 9.17) is 0 Å². The summed E-state index contributed by atoms with van der Waals surface area (Å²) in [6, 6.07) is 0. The fourth-order valence-electron chi connectivity index (χ4n) is 2.21. The molecule has 0 aromatic carbocycles. The van der Waals surface area contributed by atoms with Crippen molar-refractivity contribution in [2.24, 2.45) is 0 Å². The molecule has 1 atom stereocenters. The molecule has 7 heteroatoms. The Labute approximate surface area is 122 Å². The number of sulfone groups is 1. The lowest BCUT2D eigenvalue weighted by Gasteiger charge is -2.15. The first kappa shape index (κ1) is 14.7. The zero-order valence-electron chi connectivity index (χ0n) is 11.3. The topological polar surface area (TPSA) is 72.0 Å². The lowest BCUT2D eigenvalue weighted by atomic mass is 10.1. The summed E-state index contributed by atoms with van der Waals surface area (Å²) in [5.74, 6) is 1.93. The van der Waals surface area contributed by atoms with E-state index in [9.17, 15) is 8.42 Å². The third kappa shape index (κ3) is 3.08. The van der Waals surface area contributed by atoms with Gasteiger partial charge in [0.15, 0.2) is 9.84 Å². The summed E-state index contributed by atoms with van der Waals surface area (Å²) < 4.78 is 24.0. The SMILES string of the molecule is CNc1nc(C2CCS(=O)(=O)C2)nc(C(C)C)c1Br. The largest absolute Gasteiger partial charge is 0.372 e. The van der Waals surface area contributed by atoms with Crippen molar-refractivity contribution in [3.8, 4) is 0 Å². The third-order valence-corrected chi connectivity index (χ3v) is 5.83. The van der Waals surface area contributed by atoms with E-state index in [1.165, 1.54) is 0 Å². The number of nitrogens with one attached hydrogen (secondary N) is 1. The van der Waals surface area contributed by atoms with Crippen molar-refractivity contribution in [3.05, 3.63) is 16.0 Å². The van der Waals surface area contributed by atoms with Gasteiger partial charge in [0.25, 0.3) is 0 Å². The second kappa shape index (κ2) is 5.36. The molecule has 0 amide bonds. The molecule has 1 saturated heterocycles. The van der Waals surface area contributed by atoms with Crippen LogP contribution in [0.5, 0.6) is 0 Å². The zero-order valence-corrected chi connectivity index (χ0v) is 13.7. The molecule has 2 rings (SSSR count). The minimum Gasteiger partial charge on any atom is -0.372 e. The lowest BCUT2D eigenvalue weighted by molar-refractivity contribution is 0.601. The highest BCUT2D eigenvalue weighted by atomic mass is 79.9. The molecular weight excluding hydrogens is 330 g/mol. The van der Waals surface area contributed by atoms with E-state index in [0.717, 1.165) is 16.0 Å². The summed E-state index contributed by atoms with van der Waals surface area (Å²) in [6.45, 7) is 4.11. The van der Waals surface area contributed by atoms with Crippen LogP contribution in [-0.2, 0) is 9.84 Å². The fourth-order valence-corrected chi connectivity index (χ4v) is 4.78. The van der Waals surface area contributed by atoms with Gasteiger partial charge in [-0.2, -0.15) is 0 Å². The van der Waals surface area contributed by atoms with Crippen molar-refractivity contribution in [2.75, 3.05) is 23.9 Å². The quantitative estimate of drug-likeness (QED) is 0.908. The highest BCUT2D eigenvalue weighted by molar-refractivity contribution is 9.10. The second-order valence-electron chi connectivity index (χ2n) is 5.13. The number of halogens is 1. The maximum Gasteiger partial charge on any atom is 0.151 e. The van der Waals surface area contributed by atoms with Crippen molar-refractivity contribution in [1.82, 2.24) is 9.97 Å². The average Bonchev–Trinajstić information content (AvgIpc) is 2.69. The summed E-state index contributed by atoms with van der Waals surface area (Å²) in [5.41, 5.74) is 0.915. The van der Waals surface area contributed by atoms with Gasteiger partial charge in [-0.1, -0.05) is 13.8 Å². The van der Waals surface area contributed by atoms with Gasteiger partial charge in [-0.25, -0.2) is 18.4 Å². The van der Waals surface area contributed by atoms with Crippen LogP contribution >= 0.6 is 15.9 Å². The lowest BCUT2D eigenvalue weighted by Crippen LogP contribution is -2.12. The molecule has 1 aromatic heterocycles. The highest BCUT2D eigenvalue weighted by Gasteiger charge is 2.32. The van der Waals surface area contributed by atoms with Gasteiger partial charge in [-0.3, -0.25) is 0 Å². The predicted molar refractivity (Wildman–Crippen MR) is 79.4 cm³/mol. The molecule has 19 heavy (non-hydrogen) atoms. The molecule has 1 aliphatic rings. The number of rotatable bonds is 3. The van der Waals surface area contributed by atoms with Gasteiger partial charge >= 0.3 is 0 Å². The fraction of sp³-hybridized carbons (Fsp3) is 0.667. The van der Waals surface area contributed by atoms with Gasteiger partial charge in [0, 0.05) is 13.0 Å². The van der Waals surface area contributed by atoms with E-state index < -0.39 is 9.84 Å². The average molecular weight is 348 g/mol. The molecule has 1 unspecified atom stereocenters. The van der Waals surface area contributed by atoms with Gasteiger partial charge in [-0.05, 0) is 28.3 Å². The van der Waals surface area contributed by atoms with Gasteiger partial charge in [0.2, 0.25) is 0 Å². The Balaban J connectivity index is 2.44. The van der Waals surface area contributed by atoms with Crippen molar-refractivity contribution >= 4 is 31.6 Å². The van der Waals surface area contributed by atoms with Crippen LogP contribution in [0.1, 0.15) is 43.6 Å². The van der Waals surface area contributed by atoms with Gasteiger partial charge in [0.1, 0.15) is 11.6 Å². The van der Waals surface area contributed by atoms with Crippen LogP contribution in [0.3, 0.4) is 0 Å². The third-order valence-electron chi connectivity index (χ3n) is 3.28. The zero-order chi connectivity index (χ0) is 14.2. The summed E-state index contributed by atoms with van der Waals surface area (Å²) in [7, 11) is -1.12. The Morgan fingerprint density at radius 2 is 2.05 bits per heavy atom. The van der Waals surface area contributed by atoms with Crippen molar-refractivity contribution in [3.63, 3.8) is 0 Å². The Morgan fingerprint density at radius 3 is 2.53 bits per heavy atom. The van der Waals surface area contributed by atoms with Crippen LogP contribution < -0.4 is 5.32 Å². The normalized spacial score (nSPS) is 21.8. The molecule has 1 aliphatic heterocycles. The Hall–Kier alpha value is -0.690. The molecule has 0 aliphatic carbocycles. The second-order valence-corrected chi connectivity index (χ2v) is 8.16. The monoisotopic (exact) mass is 347 g/mol. The number of hydrogen-bond donors (Lipinski definition) is 1. The Bertz CT molecular complexity index is 587. The molecule has 0 spiro atoms. The van der Waals surface area contributed by atoms with Crippen LogP contribution in [0.4, 0.5) is 5.82 Å². The molecule has 1 fully saturated rings. The molecule has 1 N–H and O–H groups in total. The molecule has 5 nitrogen and oxygen atoms in total. The number of anilines is 1. The number of aromatic nitrogens is 2. The molecule has 106 valence electrons. The summed E-state index contributed by atoms with van der Waals surface area (Å²) >= 11 is 3.50. The maximum absolute atomic E-state index is 11.6. The van der Waals surface area contributed by atoms with Crippen LogP contribution in [0.25, 0.3) is 0 Å². The van der Waals surface area contributed by atoms with Crippen molar-refractivity contribution < 1.29 is 8.42 Å². The first-order valence-electron chi connectivity index (χ1n) is 6.29. The van der Waals surface area contributed by atoms with Crippen molar-refractivity contribution in [1.29, 1.82) is 0 Å². The van der Waals surface area contributed by atoms with Gasteiger partial charge < -0.3 is 5.32 Å².